The van der Waals surface area contributed by atoms with Crippen LogP contribution in [-0.4, -0.2) is 42.0 Å². The molecule has 9 nitrogen and oxygen atoms in total. The number of carboxylic acids is 1. The predicted molar refractivity (Wildman–Crippen MR) is 98.7 cm³/mol. The number of carbonyl (C=O) groups is 2. The van der Waals surface area contributed by atoms with Crippen molar-refractivity contribution in [1.29, 1.82) is 0 Å². The fraction of sp³-hybridized carbons (Fsp3) is 0.222. The van der Waals surface area contributed by atoms with Crippen LogP contribution in [0.15, 0.2) is 36.7 Å². The van der Waals surface area contributed by atoms with Crippen LogP contribution in [0, 0.1) is 0 Å². The average Bonchev–Trinajstić information content (AvgIpc) is 3.02. The summed E-state index contributed by atoms with van der Waals surface area (Å²) in [7, 11) is 1.64. The average molecular weight is 402 g/mol. The minimum Gasteiger partial charge on any atom is -0.478 e. The van der Waals surface area contributed by atoms with Crippen LogP contribution < -0.4 is 0 Å². The molecule has 0 unspecified atom stereocenters. The smallest absolute Gasteiger partial charge is 0.337 e. The van der Waals surface area contributed by atoms with E-state index in [-0.39, 0.29) is 17.1 Å². The van der Waals surface area contributed by atoms with Crippen LogP contribution in [0.1, 0.15) is 34.6 Å². The lowest BCUT2D eigenvalue weighted by molar-refractivity contribution is -0.147. The number of hydrogen-bond donors (Lipinski definition) is 1. The monoisotopic (exact) mass is 401 g/mol. The number of carboxylic acid groups (broad SMARTS) is 1. The Bertz CT molecular complexity index is 1020. The van der Waals surface area contributed by atoms with Gasteiger partial charge in [-0.05, 0) is 25.1 Å². The highest BCUT2D eigenvalue weighted by atomic mass is 35.5. The predicted octanol–water partition coefficient (Wildman–Crippen LogP) is 2.47. The molecule has 3 aromatic heterocycles. The van der Waals surface area contributed by atoms with Gasteiger partial charge in [-0.15, -0.1) is 5.10 Å². The first-order chi connectivity index (χ1) is 13.4. The van der Waals surface area contributed by atoms with E-state index in [1.807, 2.05) is 0 Å². The molecule has 0 bridgehead atoms. The standard InChI is InChI=1S/C18H16ClN5O4/c1-10(12-4-3-7-20-17(12)19)28-15(25)8-14-16(22-23-24(14)2)13-6-5-11(9-21-13)18(26)27/h3-7,9-10H,8H2,1-2H3,(H,26,27)/t10-/m1/s1. The van der Waals surface area contributed by atoms with E-state index in [0.29, 0.717) is 22.6 Å². The van der Waals surface area contributed by atoms with Gasteiger partial charge in [-0.1, -0.05) is 22.9 Å². The minimum atomic E-state index is -1.08. The summed E-state index contributed by atoms with van der Waals surface area (Å²) in [5.41, 5.74) is 1.93. The highest BCUT2D eigenvalue weighted by Crippen LogP contribution is 2.25. The van der Waals surface area contributed by atoms with Crippen LogP contribution >= 0.6 is 11.6 Å². The molecule has 0 spiro atoms. The lowest BCUT2D eigenvalue weighted by Gasteiger charge is -2.14. The molecule has 144 valence electrons. The lowest BCUT2D eigenvalue weighted by atomic mass is 10.1. The van der Waals surface area contributed by atoms with Crippen LogP contribution in [-0.2, 0) is 23.0 Å². The van der Waals surface area contributed by atoms with Crippen molar-refractivity contribution in [2.75, 3.05) is 0 Å². The third-order valence-electron chi connectivity index (χ3n) is 4.04. The normalized spacial score (nSPS) is 11.8. The van der Waals surface area contributed by atoms with Crippen LogP contribution in [0.4, 0.5) is 0 Å². The third kappa shape index (κ3) is 4.15. The highest BCUT2D eigenvalue weighted by Gasteiger charge is 2.21. The zero-order valence-corrected chi connectivity index (χ0v) is 15.8. The van der Waals surface area contributed by atoms with Crippen molar-refractivity contribution in [3.05, 3.63) is 58.6 Å². The Balaban J connectivity index is 1.77. The van der Waals surface area contributed by atoms with Crippen molar-refractivity contribution < 1.29 is 19.4 Å². The largest absolute Gasteiger partial charge is 0.478 e. The van der Waals surface area contributed by atoms with Crippen molar-refractivity contribution in [2.24, 2.45) is 7.05 Å². The third-order valence-corrected chi connectivity index (χ3v) is 4.36. The molecule has 3 rings (SSSR count). The lowest BCUT2D eigenvalue weighted by Crippen LogP contribution is -2.14. The van der Waals surface area contributed by atoms with Crippen molar-refractivity contribution in [1.82, 2.24) is 25.0 Å². The Morgan fingerprint density at radius 1 is 1.29 bits per heavy atom. The molecule has 0 saturated carbocycles. The molecule has 10 heteroatoms. The maximum atomic E-state index is 12.4. The molecular weight excluding hydrogens is 386 g/mol. The number of aromatic carboxylic acids is 1. The van der Waals surface area contributed by atoms with Crippen molar-refractivity contribution in [2.45, 2.75) is 19.4 Å². The van der Waals surface area contributed by atoms with E-state index in [0.717, 1.165) is 0 Å². The second kappa shape index (κ2) is 8.13. The fourth-order valence-electron chi connectivity index (χ4n) is 2.58. The summed E-state index contributed by atoms with van der Waals surface area (Å²) in [6, 6.07) is 6.37. The molecule has 0 fully saturated rings. The van der Waals surface area contributed by atoms with E-state index in [4.69, 9.17) is 21.4 Å². The van der Waals surface area contributed by atoms with Crippen LogP contribution in [0.5, 0.6) is 0 Å². The van der Waals surface area contributed by atoms with Crippen LogP contribution in [0.25, 0.3) is 11.4 Å². The fourth-order valence-corrected chi connectivity index (χ4v) is 2.85. The van der Waals surface area contributed by atoms with Crippen LogP contribution in [0.3, 0.4) is 0 Å². The number of pyridine rings is 2. The number of rotatable bonds is 6. The topological polar surface area (TPSA) is 120 Å². The Hall–Kier alpha value is -3.33. The van der Waals surface area contributed by atoms with Gasteiger partial charge in [-0.3, -0.25) is 14.5 Å². The molecule has 28 heavy (non-hydrogen) atoms. The second-order valence-electron chi connectivity index (χ2n) is 5.94. The maximum absolute atomic E-state index is 12.4. The molecule has 0 aromatic carbocycles. The number of aryl methyl sites for hydroxylation is 1. The molecule has 0 aliphatic rings. The summed E-state index contributed by atoms with van der Waals surface area (Å²) in [5.74, 6) is -1.58. The number of nitrogens with zero attached hydrogens (tertiary/aromatic N) is 5. The molecule has 0 aliphatic heterocycles. The second-order valence-corrected chi connectivity index (χ2v) is 6.30. The van der Waals surface area contributed by atoms with E-state index in [9.17, 15) is 9.59 Å². The van der Waals surface area contributed by atoms with Gasteiger partial charge in [-0.25, -0.2) is 9.78 Å². The van der Waals surface area contributed by atoms with Gasteiger partial charge in [-0.2, -0.15) is 0 Å². The van der Waals surface area contributed by atoms with Gasteiger partial charge in [0.15, 0.2) is 0 Å². The zero-order chi connectivity index (χ0) is 20.3. The van der Waals surface area contributed by atoms with Gasteiger partial charge >= 0.3 is 11.9 Å². The van der Waals surface area contributed by atoms with E-state index in [1.54, 1.807) is 32.3 Å². The first-order valence-electron chi connectivity index (χ1n) is 8.25. The molecular formula is C18H16ClN5O4. The van der Waals surface area contributed by atoms with Gasteiger partial charge < -0.3 is 9.84 Å². The summed E-state index contributed by atoms with van der Waals surface area (Å²) in [6.07, 6.45) is 2.10. The zero-order valence-electron chi connectivity index (χ0n) is 15.0. The van der Waals surface area contributed by atoms with E-state index in [2.05, 4.69) is 20.3 Å². The summed E-state index contributed by atoms with van der Waals surface area (Å²) < 4.78 is 6.91. The molecule has 0 amide bonds. The van der Waals surface area contributed by atoms with Gasteiger partial charge in [0.05, 0.1) is 23.4 Å². The maximum Gasteiger partial charge on any atom is 0.337 e. The Morgan fingerprint density at radius 2 is 2.07 bits per heavy atom. The first-order valence-corrected chi connectivity index (χ1v) is 8.62. The Kier molecular flexibility index (Phi) is 5.65. The van der Waals surface area contributed by atoms with E-state index < -0.39 is 18.0 Å². The summed E-state index contributed by atoms with van der Waals surface area (Å²) in [5, 5.41) is 17.2. The van der Waals surface area contributed by atoms with Gasteiger partial charge in [0.1, 0.15) is 17.0 Å². The Morgan fingerprint density at radius 3 is 2.71 bits per heavy atom. The molecule has 0 saturated heterocycles. The van der Waals surface area contributed by atoms with Gasteiger partial charge in [0.25, 0.3) is 0 Å². The molecule has 3 heterocycles. The van der Waals surface area contributed by atoms with Crippen molar-refractivity contribution >= 4 is 23.5 Å². The number of carbonyl (C=O) groups excluding carboxylic acids is 1. The van der Waals surface area contributed by atoms with Gasteiger partial charge in [0, 0.05) is 25.0 Å². The number of aromatic nitrogens is 5. The molecule has 1 atom stereocenters. The minimum absolute atomic E-state index is 0.0516. The quantitative estimate of drug-likeness (QED) is 0.494. The highest BCUT2D eigenvalue weighted by molar-refractivity contribution is 6.30. The van der Waals surface area contributed by atoms with E-state index >= 15 is 0 Å². The molecule has 1 N–H and O–H groups in total. The summed E-state index contributed by atoms with van der Waals surface area (Å²) in [4.78, 5) is 31.5. The van der Waals surface area contributed by atoms with Crippen LogP contribution in [0.2, 0.25) is 5.15 Å². The SMILES string of the molecule is C[C@@H](OC(=O)Cc1c(-c2ccc(C(=O)O)cn2)nnn1C)c1cccnc1Cl. The summed E-state index contributed by atoms with van der Waals surface area (Å²) >= 11 is 6.03. The molecule has 0 radical (unpaired) electrons. The van der Waals surface area contributed by atoms with Gasteiger partial charge in [0.2, 0.25) is 0 Å². The number of esters is 1. The number of halogens is 1. The molecule has 0 aliphatic carbocycles. The number of hydrogen-bond acceptors (Lipinski definition) is 7. The Labute approximate surface area is 165 Å². The van der Waals surface area contributed by atoms with Crippen molar-refractivity contribution in [3.8, 4) is 11.4 Å². The van der Waals surface area contributed by atoms with E-state index in [1.165, 1.54) is 23.0 Å². The van der Waals surface area contributed by atoms with Crippen molar-refractivity contribution in [3.63, 3.8) is 0 Å². The molecule has 3 aromatic rings. The summed E-state index contributed by atoms with van der Waals surface area (Å²) in [6.45, 7) is 1.70. The first kappa shape index (κ1) is 19.4. The number of ether oxygens (including phenoxy) is 1.